The maximum Gasteiger partial charge on any atom is 0.0943 e. The minimum Gasteiger partial charge on any atom is -0.387 e. The molecular weight excluding hydrogens is 234 g/mol. The van der Waals surface area contributed by atoms with E-state index in [4.69, 9.17) is 0 Å². The van der Waals surface area contributed by atoms with Crippen molar-refractivity contribution in [3.63, 3.8) is 0 Å². The lowest BCUT2D eigenvalue weighted by atomic mass is 9.96. The number of hydrogen-bond donors (Lipinski definition) is 2. The summed E-state index contributed by atoms with van der Waals surface area (Å²) in [6, 6.07) is 7.07. The number of aliphatic hydroxyl groups excluding tert-OH is 1. The SMILES string of the molecule is CCC(NC1CCCC1)C(O)c1ccc(C)c(C)c1. The Morgan fingerprint density at radius 2 is 1.89 bits per heavy atom. The summed E-state index contributed by atoms with van der Waals surface area (Å²) >= 11 is 0. The highest BCUT2D eigenvalue weighted by Crippen LogP contribution is 2.25. The van der Waals surface area contributed by atoms with E-state index in [0.29, 0.717) is 6.04 Å². The lowest BCUT2D eigenvalue weighted by Gasteiger charge is -2.27. The molecular formula is C17H27NO. The van der Waals surface area contributed by atoms with Crippen LogP contribution >= 0.6 is 0 Å². The fourth-order valence-electron chi connectivity index (χ4n) is 3.01. The molecule has 1 aromatic carbocycles. The molecule has 0 aromatic heterocycles. The van der Waals surface area contributed by atoms with Crippen molar-refractivity contribution >= 4 is 0 Å². The lowest BCUT2D eigenvalue weighted by molar-refractivity contribution is 0.119. The second-order valence-corrected chi connectivity index (χ2v) is 5.95. The van der Waals surface area contributed by atoms with Gasteiger partial charge in [0.1, 0.15) is 0 Å². The van der Waals surface area contributed by atoms with Crippen LogP contribution in [-0.4, -0.2) is 17.2 Å². The summed E-state index contributed by atoms with van der Waals surface area (Å²) < 4.78 is 0. The Labute approximate surface area is 117 Å². The van der Waals surface area contributed by atoms with Crippen molar-refractivity contribution in [1.29, 1.82) is 0 Å². The van der Waals surface area contributed by atoms with Crippen LogP contribution in [0.2, 0.25) is 0 Å². The van der Waals surface area contributed by atoms with Gasteiger partial charge in [0.05, 0.1) is 6.10 Å². The van der Waals surface area contributed by atoms with Crippen molar-refractivity contribution in [2.45, 2.75) is 71.1 Å². The molecule has 19 heavy (non-hydrogen) atoms. The molecule has 2 atom stereocenters. The van der Waals surface area contributed by atoms with E-state index in [9.17, 15) is 5.11 Å². The van der Waals surface area contributed by atoms with E-state index >= 15 is 0 Å². The summed E-state index contributed by atoms with van der Waals surface area (Å²) in [5.41, 5.74) is 3.58. The number of hydrogen-bond acceptors (Lipinski definition) is 2. The summed E-state index contributed by atoms with van der Waals surface area (Å²) in [7, 11) is 0. The van der Waals surface area contributed by atoms with Gasteiger partial charge in [0, 0.05) is 12.1 Å². The zero-order valence-electron chi connectivity index (χ0n) is 12.4. The van der Waals surface area contributed by atoms with Gasteiger partial charge in [-0.3, -0.25) is 0 Å². The number of nitrogens with one attached hydrogen (secondary N) is 1. The average Bonchev–Trinajstić information content (AvgIpc) is 2.91. The van der Waals surface area contributed by atoms with Gasteiger partial charge < -0.3 is 10.4 Å². The summed E-state index contributed by atoms with van der Waals surface area (Å²) in [6.07, 6.45) is 5.74. The third kappa shape index (κ3) is 3.58. The lowest BCUT2D eigenvalue weighted by Crippen LogP contribution is -2.40. The van der Waals surface area contributed by atoms with E-state index in [2.05, 4.69) is 44.3 Å². The van der Waals surface area contributed by atoms with Gasteiger partial charge in [-0.05, 0) is 49.8 Å². The molecule has 0 spiro atoms. The van der Waals surface area contributed by atoms with Crippen molar-refractivity contribution in [1.82, 2.24) is 5.32 Å². The average molecular weight is 261 g/mol. The molecule has 1 aliphatic rings. The standard InChI is InChI=1S/C17H27NO/c1-4-16(18-15-7-5-6-8-15)17(19)14-10-9-12(2)13(3)11-14/h9-11,15-19H,4-8H2,1-3H3. The van der Waals surface area contributed by atoms with Gasteiger partial charge in [-0.1, -0.05) is 38.0 Å². The Morgan fingerprint density at radius 1 is 1.21 bits per heavy atom. The van der Waals surface area contributed by atoms with Crippen LogP contribution in [-0.2, 0) is 0 Å². The van der Waals surface area contributed by atoms with Gasteiger partial charge in [0.15, 0.2) is 0 Å². The van der Waals surface area contributed by atoms with Crippen molar-refractivity contribution in [3.05, 3.63) is 34.9 Å². The molecule has 1 fully saturated rings. The first-order valence-corrected chi connectivity index (χ1v) is 7.63. The predicted octanol–water partition coefficient (Wildman–Crippen LogP) is 3.65. The summed E-state index contributed by atoms with van der Waals surface area (Å²) in [5, 5.41) is 14.2. The molecule has 106 valence electrons. The largest absolute Gasteiger partial charge is 0.387 e. The normalized spacial score (nSPS) is 19.6. The second kappa shape index (κ2) is 6.53. The Hall–Kier alpha value is -0.860. The van der Waals surface area contributed by atoms with Gasteiger partial charge in [-0.15, -0.1) is 0 Å². The molecule has 0 radical (unpaired) electrons. The van der Waals surface area contributed by atoms with Crippen LogP contribution in [0.25, 0.3) is 0 Å². The van der Waals surface area contributed by atoms with E-state index in [1.54, 1.807) is 0 Å². The first kappa shape index (κ1) is 14.5. The molecule has 0 heterocycles. The van der Waals surface area contributed by atoms with Gasteiger partial charge in [0.25, 0.3) is 0 Å². The van der Waals surface area contributed by atoms with E-state index in [1.165, 1.54) is 36.8 Å². The Balaban J connectivity index is 2.05. The smallest absolute Gasteiger partial charge is 0.0943 e. The van der Waals surface area contributed by atoms with E-state index in [-0.39, 0.29) is 6.04 Å². The molecule has 2 N–H and O–H groups in total. The summed E-state index contributed by atoms with van der Waals surface area (Å²) in [4.78, 5) is 0. The second-order valence-electron chi connectivity index (χ2n) is 5.95. The minimum absolute atomic E-state index is 0.171. The third-order valence-corrected chi connectivity index (χ3v) is 4.50. The predicted molar refractivity (Wildman–Crippen MR) is 80.3 cm³/mol. The first-order chi connectivity index (χ1) is 9.11. The van der Waals surface area contributed by atoms with Crippen LogP contribution in [0.15, 0.2) is 18.2 Å². The van der Waals surface area contributed by atoms with E-state index in [1.807, 2.05) is 0 Å². The van der Waals surface area contributed by atoms with Crippen LogP contribution in [0.5, 0.6) is 0 Å². The summed E-state index contributed by atoms with van der Waals surface area (Å²) in [6.45, 7) is 6.37. The quantitative estimate of drug-likeness (QED) is 0.848. The fraction of sp³-hybridized carbons (Fsp3) is 0.647. The van der Waals surface area contributed by atoms with Crippen LogP contribution < -0.4 is 5.32 Å². The number of aliphatic hydroxyl groups is 1. The van der Waals surface area contributed by atoms with Gasteiger partial charge in [0.2, 0.25) is 0 Å². The van der Waals surface area contributed by atoms with Gasteiger partial charge in [-0.25, -0.2) is 0 Å². The molecule has 0 aliphatic heterocycles. The topological polar surface area (TPSA) is 32.3 Å². The molecule has 1 aromatic rings. The van der Waals surface area contributed by atoms with Gasteiger partial charge in [-0.2, -0.15) is 0 Å². The third-order valence-electron chi connectivity index (χ3n) is 4.50. The molecule has 1 aliphatic carbocycles. The molecule has 2 heteroatoms. The number of benzene rings is 1. The van der Waals surface area contributed by atoms with Crippen LogP contribution in [0, 0.1) is 13.8 Å². The minimum atomic E-state index is -0.398. The highest BCUT2D eigenvalue weighted by atomic mass is 16.3. The molecule has 1 saturated carbocycles. The maximum atomic E-state index is 10.6. The molecule has 0 saturated heterocycles. The van der Waals surface area contributed by atoms with Crippen LogP contribution in [0.3, 0.4) is 0 Å². The maximum absolute atomic E-state index is 10.6. The van der Waals surface area contributed by atoms with E-state index in [0.717, 1.165) is 12.0 Å². The Morgan fingerprint density at radius 3 is 2.47 bits per heavy atom. The van der Waals surface area contributed by atoms with Crippen LogP contribution in [0.4, 0.5) is 0 Å². The van der Waals surface area contributed by atoms with Crippen LogP contribution in [0.1, 0.15) is 61.8 Å². The van der Waals surface area contributed by atoms with Crippen molar-refractivity contribution in [3.8, 4) is 0 Å². The molecule has 0 bridgehead atoms. The van der Waals surface area contributed by atoms with Crippen molar-refractivity contribution < 1.29 is 5.11 Å². The number of rotatable bonds is 5. The Kier molecular flexibility index (Phi) is 5.00. The molecule has 0 amide bonds. The van der Waals surface area contributed by atoms with Crippen molar-refractivity contribution in [2.75, 3.05) is 0 Å². The van der Waals surface area contributed by atoms with E-state index < -0.39 is 6.10 Å². The first-order valence-electron chi connectivity index (χ1n) is 7.63. The zero-order valence-corrected chi connectivity index (χ0v) is 12.4. The fourth-order valence-corrected chi connectivity index (χ4v) is 3.01. The molecule has 2 rings (SSSR count). The zero-order chi connectivity index (χ0) is 13.8. The highest BCUT2D eigenvalue weighted by molar-refractivity contribution is 5.31. The monoisotopic (exact) mass is 261 g/mol. The summed E-state index contributed by atoms with van der Waals surface area (Å²) in [5.74, 6) is 0. The van der Waals surface area contributed by atoms with Gasteiger partial charge >= 0.3 is 0 Å². The Bertz CT molecular complexity index is 410. The highest BCUT2D eigenvalue weighted by Gasteiger charge is 2.24. The number of aryl methyl sites for hydroxylation is 2. The molecule has 2 nitrogen and oxygen atoms in total. The molecule has 2 unspecified atom stereocenters. The van der Waals surface area contributed by atoms with Crippen molar-refractivity contribution in [2.24, 2.45) is 0 Å².